The second kappa shape index (κ2) is 6.99. The molecule has 0 heterocycles. The van der Waals surface area contributed by atoms with Crippen LogP contribution in [0.15, 0.2) is 12.1 Å². The van der Waals surface area contributed by atoms with Gasteiger partial charge in [-0.2, -0.15) is 0 Å². The molecule has 0 amide bonds. The quantitative estimate of drug-likeness (QED) is 0.594. The maximum Gasteiger partial charge on any atom is 0.347 e. The molecular formula is C13H15ClO5. The lowest BCUT2D eigenvalue weighted by molar-refractivity contribution is -0.150. The van der Waals surface area contributed by atoms with Gasteiger partial charge in [-0.3, -0.25) is 4.79 Å². The van der Waals surface area contributed by atoms with E-state index >= 15 is 0 Å². The largest absolute Gasteiger partial charge is 0.493 e. The van der Waals surface area contributed by atoms with Crippen LogP contribution in [0.2, 0.25) is 5.02 Å². The Balaban J connectivity index is 2.97. The molecule has 6 heteroatoms. The standard InChI is InChI=1S/C13H15ClO5/c1-4-18-13(16)8(2)19-12-6-10(14)9(7-15)5-11(12)17-3/h5-8H,4H2,1-3H3/t8-/m0/s1. The molecule has 1 atom stereocenters. The zero-order valence-electron chi connectivity index (χ0n) is 10.9. The molecule has 0 aliphatic heterocycles. The van der Waals surface area contributed by atoms with Crippen LogP contribution >= 0.6 is 11.6 Å². The van der Waals surface area contributed by atoms with E-state index in [1.165, 1.54) is 19.2 Å². The zero-order chi connectivity index (χ0) is 14.4. The number of hydrogen-bond donors (Lipinski definition) is 0. The van der Waals surface area contributed by atoms with Crippen LogP contribution < -0.4 is 9.47 Å². The Morgan fingerprint density at radius 1 is 1.42 bits per heavy atom. The summed E-state index contributed by atoms with van der Waals surface area (Å²) in [5, 5.41) is 0.224. The van der Waals surface area contributed by atoms with Gasteiger partial charge in [0.25, 0.3) is 0 Å². The highest BCUT2D eigenvalue weighted by Gasteiger charge is 2.19. The van der Waals surface area contributed by atoms with Gasteiger partial charge in [-0.25, -0.2) is 4.79 Å². The molecule has 0 saturated heterocycles. The number of methoxy groups -OCH3 is 1. The molecule has 0 aliphatic rings. The highest BCUT2D eigenvalue weighted by Crippen LogP contribution is 2.33. The van der Waals surface area contributed by atoms with Gasteiger partial charge in [-0.1, -0.05) is 11.6 Å². The Hall–Kier alpha value is -1.75. The van der Waals surface area contributed by atoms with Crippen LogP contribution in [0.5, 0.6) is 11.5 Å². The van der Waals surface area contributed by atoms with Crippen LogP contribution in [-0.2, 0) is 9.53 Å². The lowest BCUT2D eigenvalue weighted by atomic mass is 10.2. The molecule has 0 fully saturated rings. The molecule has 0 unspecified atom stereocenters. The Bertz CT molecular complexity index is 472. The van der Waals surface area contributed by atoms with Gasteiger partial charge >= 0.3 is 5.97 Å². The molecule has 0 spiro atoms. The number of aldehydes is 1. The van der Waals surface area contributed by atoms with Crippen LogP contribution in [0, 0.1) is 0 Å². The number of benzene rings is 1. The number of carbonyl (C=O) groups is 2. The number of carbonyl (C=O) groups excluding carboxylic acids is 2. The first-order valence-corrected chi connectivity index (χ1v) is 6.07. The maximum atomic E-state index is 11.5. The average Bonchev–Trinajstić information content (AvgIpc) is 2.39. The van der Waals surface area contributed by atoms with E-state index in [0.717, 1.165) is 0 Å². The van der Waals surface area contributed by atoms with E-state index in [2.05, 4.69) is 0 Å². The molecule has 0 saturated carbocycles. The fourth-order valence-corrected chi connectivity index (χ4v) is 1.59. The Morgan fingerprint density at radius 2 is 2.11 bits per heavy atom. The third-order valence-electron chi connectivity index (χ3n) is 2.33. The summed E-state index contributed by atoms with van der Waals surface area (Å²) in [5.41, 5.74) is 0.287. The highest BCUT2D eigenvalue weighted by molar-refractivity contribution is 6.33. The van der Waals surface area contributed by atoms with E-state index in [1.807, 2.05) is 0 Å². The van der Waals surface area contributed by atoms with E-state index in [1.54, 1.807) is 13.8 Å². The number of rotatable bonds is 6. The van der Waals surface area contributed by atoms with E-state index in [-0.39, 0.29) is 22.9 Å². The second-order valence-electron chi connectivity index (χ2n) is 3.65. The molecule has 19 heavy (non-hydrogen) atoms. The minimum atomic E-state index is -0.799. The van der Waals surface area contributed by atoms with Crippen molar-refractivity contribution in [2.24, 2.45) is 0 Å². The normalized spacial score (nSPS) is 11.6. The lowest BCUT2D eigenvalue weighted by Crippen LogP contribution is -2.26. The second-order valence-corrected chi connectivity index (χ2v) is 4.06. The van der Waals surface area contributed by atoms with Gasteiger partial charge < -0.3 is 14.2 Å². The molecular weight excluding hydrogens is 272 g/mol. The fourth-order valence-electron chi connectivity index (χ4n) is 1.39. The smallest absolute Gasteiger partial charge is 0.347 e. The topological polar surface area (TPSA) is 61.8 Å². The maximum absolute atomic E-state index is 11.5. The molecule has 5 nitrogen and oxygen atoms in total. The SMILES string of the molecule is CCOC(=O)[C@H](C)Oc1cc(Cl)c(C=O)cc1OC. The summed E-state index contributed by atoms with van der Waals surface area (Å²) in [6.45, 7) is 3.54. The molecule has 0 aromatic heterocycles. The molecule has 1 aromatic carbocycles. The molecule has 0 radical (unpaired) electrons. The van der Waals surface area contributed by atoms with Crippen LogP contribution in [0.4, 0.5) is 0 Å². The first kappa shape index (κ1) is 15.3. The summed E-state index contributed by atoms with van der Waals surface area (Å²) in [5.74, 6) is 0.112. The van der Waals surface area contributed by atoms with Crippen molar-refractivity contribution in [2.75, 3.05) is 13.7 Å². The monoisotopic (exact) mass is 286 g/mol. The van der Waals surface area contributed by atoms with Gasteiger partial charge in [-0.05, 0) is 19.9 Å². The lowest BCUT2D eigenvalue weighted by Gasteiger charge is -2.16. The number of ether oxygens (including phenoxy) is 3. The minimum Gasteiger partial charge on any atom is -0.493 e. The average molecular weight is 287 g/mol. The molecule has 0 bridgehead atoms. The first-order chi connectivity index (χ1) is 9.03. The summed E-state index contributed by atoms with van der Waals surface area (Å²) in [6, 6.07) is 2.88. The van der Waals surface area contributed by atoms with E-state index < -0.39 is 12.1 Å². The molecule has 1 rings (SSSR count). The Kier molecular flexibility index (Phi) is 5.63. The van der Waals surface area contributed by atoms with Gasteiger partial charge in [0.2, 0.25) is 0 Å². The molecule has 0 aliphatic carbocycles. The molecule has 1 aromatic rings. The number of esters is 1. The highest BCUT2D eigenvalue weighted by atomic mass is 35.5. The summed E-state index contributed by atoms with van der Waals surface area (Å²) in [7, 11) is 1.43. The van der Waals surface area contributed by atoms with Crippen molar-refractivity contribution in [3.8, 4) is 11.5 Å². The summed E-state index contributed by atoms with van der Waals surface area (Å²) in [6.07, 6.45) is -0.185. The van der Waals surface area contributed by atoms with Gasteiger partial charge in [0.15, 0.2) is 23.9 Å². The van der Waals surface area contributed by atoms with Gasteiger partial charge in [0, 0.05) is 11.6 Å². The van der Waals surface area contributed by atoms with E-state index in [4.69, 9.17) is 25.8 Å². The Labute approximate surface area is 116 Å². The van der Waals surface area contributed by atoms with Crippen LogP contribution in [0.1, 0.15) is 24.2 Å². The van der Waals surface area contributed by atoms with Crippen LogP contribution in [0.3, 0.4) is 0 Å². The minimum absolute atomic E-state index is 0.224. The van der Waals surface area contributed by atoms with Crippen molar-refractivity contribution in [3.05, 3.63) is 22.7 Å². The number of halogens is 1. The number of hydrogen-bond acceptors (Lipinski definition) is 5. The van der Waals surface area contributed by atoms with Gasteiger partial charge in [0.05, 0.1) is 18.7 Å². The van der Waals surface area contributed by atoms with Gasteiger partial charge in [-0.15, -0.1) is 0 Å². The van der Waals surface area contributed by atoms with Crippen LogP contribution in [0.25, 0.3) is 0 Å². The van der Waals surface area contributed by atoms with Crippen molar-refractivity contribution in [3.63, 3.8) is 0 Å². The molecule has 0 N–H and O–H groups in total. The third-order valence-corrected chi connectivity index (χ3v) is 2.66. The Morgan fingerprint density at radius 3 is 2.63 bits per heavy atom. The molecule has 104 valence electrons. The van der Waals surface area contributed by atoms with Crippen molar-refractivity contribution in [1.29, 1.82) is 0 Å². The van der Waals surface area contributed by atoms with Crippen molar-refractivity contribution >= 4 is 23.9 Å². The van der Waals surface area contributed by atoms with E-state index in [9.17, 15) is 9.59 Å². The summed E-state index contributed by atoms with van der Waals surface area (Å²) < 4.78 is 15.4. The zero-order valence-corrected chi connectivity index (χ0v) is 11.7. The fraction of sp³-hybridized carbons (Fsp3) is 0.385. The summed E-state index contributed by atoms with van der Waals surface area (Å²) >= 11 is 5.90. The van der Waals surface area contributed by atoms with Crippen LogP contribution in [-0.4, -0.2) is 32.1 Å². The summed E-state index contributed by atoms with van der Waals surface area (Å²) in [4.78, 5) is 22.2. The third kappa shape index (κ3) is 3.86. The predicted octanol–water partition coefficient (Wildman–Crippen LogP) is 2.49. The van der Waals surface area contributed by atoms with Crippen molar-refractivity contribution in [2.45, 2.75) is 20.0 Å². The first-order valence-electron chi connectivity index (χ1n) is 5.69. The van der Waals surface area contributed by atoms with Crippen molar-refractivity contribution in [1.82, 2.24) is 0 Å². The van der Waals surface area contributed by atoms with Crippen molar-refractivity contribution < 1.29 is 23.8 Å². The predicted molar refractivity (Wildman–Crippen MR) is 70.1 cm³/mol. The van der Waals surface area contributed by atoms with E-state index in [0.29, 0.717) is 12.0 Å². The van der Waals surface area contributed by atoms with Gasteiger partial charge in [0.1, 0.15) is 0 Å².